The topological polar surface area (TPSA) is 36.9 Å². The SMILES string of the molecule is COc1ccc(C(Cl)(c2ccccc2)c2ccc(OC)cc2)cc1.COc1ccc(C(Cl)(c2ccccc2)c2ccc(OC)cc2)cc1. The van der Waals surface area contributed by atoms with Gasteiger partial charge in [0.25, 0.3) is 0 Å². The van der Waals surface area contributed by atoms with Crippen molar-refractivity contribution in [3.05, 3.63) is 191 Å². The molecule has 0 atom stereocenters. The monoisotopic (exact) mass is 676 g/mol. The van der Waals surface area contributed by atoms with Gasteiger partial charge in [-0.05, 0) is 81.9 Å². The minimum Gasteiger partial charge on any atom is -0.497 e. The molecular formula is C42H38Cl2O4. The van der Waals surface area contributed by atoms with Crippen molar-refractivity contribution < 1.29 is 18.9 Å². The van der Waals surface area contributed by atoms with Gasteiger partial charge < -0.3 is 18.9 Å². The average Bonchev–Trinajstić information content (AvgIpc) is 3.18. The van der Waals surface area contributed by atoms with Crippen LogP contribution in [0.25, 0.3) is 0 Å². The van der Waals surface area contributed by atoms with Gasteiger partial charge in [0.05, 0.1) is 28.4 Å². The second-order valence-corrected chi connectivity index (χ2v) is 12.1. The van der Waals surface area contributed by atoms with E-state index in [1.54, 1.807) is 28.4 Å². The van der Waals surface area contributed by atoms with Crippen LogP contribution in [-0.4, -0.2) is 28.4 Å². The fraction of sp³-hybridized carbons (Fsp3) is 0.143. The zero-order chi connectivity index (χ0) is 34.0. The third kappa shape index (κ3) is 7.31. The summed E-state index contributed by atoms with van der Waals surface area (Å²) in [5, 5.41) is 0. The van der Waals surface area contributed by atoms with Gasteiger partial charge in [-0.15, -0.1) is 23.2 Å². The predicted octanol–water partition coefficient (Wildman–Crippen LogP) is 10.5. The van der Waals surface area contributed by atoms with Crippen molar-refractivity contribution in [1.29, 1.82) is 0 Å². The quantitative estimate of drug-likeness (QED) is 0.107. The highest BCUT2D eigenvalue weighted by Gasteiger charge is 2.35. The van der Waals surface area contributed by atoms with E-state index in [4.69, 9.17) is 42.1 Å². The molecule has 0 fully saturated rings. The molecule has 0 heterocycles. The molecule has 6 rings (SSSR count). The first kappa shape index (κ1) is 34.4. The largest absolute Gasteiger partial charge is 0.497 e. The Morgan fingerprint density at radius 1 is 0.292 bits per heavy atom. The Morgan fingerprint density at radius 2 is 0.479 bits per heavy atom. The van der Waals surface area contributed by atoms with Gasteiger partial charge >= 0.3 is 0 Å². The van der Waals surface area contributed by atoms with Gasteiger partial charge in [-0.1, -0.05) is 109 Å². The van der Waals surface area contributed by atoms with Crippen LogP contribution in [0.15, 0.2) is 158 Å². The smallest absolute Gasteiger partial charge is 0.119 e. The summed E-state index contributed by atoms with van der Waals surface area (Å²) in [6.45, 7) is 0. The number of halogens is 2. The zero-order valence-corrected chi connectivity index (χ0v) is 28.9. The van der Waals surface area contributed by atoms with Crippen molar-refractivity contribution in [3.63, 3.8) is 0 Å². The first-order chi connectivity index (χ1) is 23.4. The third-order valence-corrected chi connectivity index (χ3v) is 9.60. The van der Waals surface area contributed by atoms with Crippen LogP contribution in [0.2, 0.25) is 0 Å². The van der Waals surface area contributed by atoms with Gasteiger partial charge in [0.15, 0.2) is 0 Å². The van der Waals surface area contributed by atoms with Crippen molar-refractivity contribution in [1.82, 2.24) is 0 Å². The summed E-state index contributed by atoms with van der Waals surface area (Å²) < 4.78 is 21.1. The van der Waals surface area contributed by atoms with Crippen LogP contribution in [0.4, 0.5) is 0 Å². The van der Waals surface area contributed by atoms with Gasteiger partial charge in [-0.2, -0.15) is 0 Å². The Balaban J connectivity index is 0.000000188. The van der Waals surface area contributed by atoms with Crippen LogP contribution < -0.4 is 18.9 Å². The van der Waals surface area contributed by atoms with Gasteiger partial charge in [-0.3, -0.25) is 0 Å². The number of hydrogen-bond acceptors (Lipinski definition) is 4. The highest BCUT2D eigenvalue weighted by Crippen LogP contribution is 2.45. The molecule has 244 valence electrons. The summed E-state index contributed by atoms with van der Waals surface area (Å²) in [6, 6.07) is 51.6. The maximum absolute atomic E-state index is 7.22. The molecular weight excluding hydrogens is 639 g/mol. The van der Waals surface area contributed by atoms with E-state index in [1.807, 2.05) is 158 Å². The molecule has 0 saturated heterocycles. The number of rotatable bonds is 10. The normalized spacial score (nSPS) is 11.1. The molecule has 6 aromatic rings. The molecule has 0 N–H and O–H groups in total. The van der Waals surface area contributed by atoms with E-state index in [0.717, 1.165) is 56.4 Å². The minimum atomic E-state index is -0.778. The first-order valence-electron chi connectivity index (χ1n) is 15.4. The summed E-state index contributed by atoms with van der Waals surface area (Å²) in [4.78, 5) is -1.56. The molecule has 0 amide bonds. The Kier molecular flexibility index (Phi) is 11.3. The van der Waals surface area contributed by atoms with Gasteiger partial charge in [0.2, 0.25) is 0 Å². The number of methoxy groups -OCH3 is 4. The van der Waals surface area contributed by atoms with E-state index < -0.39 is 9.75 Å². The molecule has 6 aromatic carbocycles. The fourth-order valence-corrected chi connectivity index (χ4v) is 6.37. The Bertz CT molecular complexity index is 1610. The molecule has 0 radical (unpaired) electrons. The number of hydrogen-bond donors (Lipinski definition) is 0. The first-order valence-corrected chi connectivity index (χ1v) is 16.2. The van der Waals surface area contributed by atoms with Crippen molar-refractivity contribution in [2.24, 2.45) is 0 Å². The van der Waals surface area contributed by atoms with Crippen LogP contribution in [0.3, 0.4) is 0 Å². The summed E-state index contributed by atoms with van der Waals surface area (Å²) in [7, 11) is 6.63. The lowest BCUT2D eigenvalue weighted by atomic mass is 9.84. The van der Waals surface area contributed by atoms with Crippen molar-refractivity contribution >= 4 is 23.2 Å². The molecule has 6 heteroatoms. The molecule has 0 unspecified atom stereocenters. The molecule has 4 nitrogen and oxygen atoms in total. The number of benzene rings is 6. The molecule has 0 aliphatic carbocycles. The molecule has 0 aliphatic heterocycles. The Morgan fingerprint density at radius 3 is 0.667 bits per heavy atom. The van der Waals surface area contributed by atoms with E-state index in [9.17, 15) is 0 Å². The van der Waals surface area contributed by atoms with Crippen molar-refractivity contribution in [2.75, 3.05) is 28.4 Å². The van der Waals surface area contributed by atoms with Crippen LogP contribution in [-0.2, 0) is 9.75 Å². The van der Waals surface area contributed by atoms with E-state index in [1.165, 1.54) is 0 Å². The fourth-order valence-electron chi connectivity index (χ4n) is 5.62. The van der Waals surface area contributed by atoms with Crippen LogP contribution in [0, 0.1) is 0 Å². The lowest BCUT2D eigenvalue weighted by Crippen LogP contribution is -2.22. The van der Waals surface area contributed by atoms with E-state index in [2.05, 4.69) is 0 Å². The number of ether oxygens (including phenoxy) is 4. The zero-order valence-electron chi connectivity index (χ0n) is 27.4. The summed E-state index contributed by atoms with van der Waals surface area (Å²) in [5.41, 5.74) is 5.98. The molecule has 0 aliphatic rings. The lowest BCUT2D eigenvalue weighted by Gasteiger charge is -2.29. The van der Waals surface area contributed by atoms with E-state index >= 15 is 0 Å². The third-order valence-electron chi connectivity index (χ3n) is 8.29. The lowest BCUT2D eigenvalue weighted by molar-refractivity contribution is 0.414. The minimum absolute atomic E-state index is 0.778. The standard InChI is InChI=1S/2C21H19ClO2/c2*1-23-19-12-8-17(9-13-19)21(22,16-6-4-3-5-7-16)18-10-14-20(24-2)15-11-18/h2*3-15H,1-2H3. The highest BCUT2D eigenvalue weighted by molar-refractivity contribution is 6.28. The molecule has 0 spiro atoms. The van der Waals surface area contributed by atoms with Gasteiger partial charge in [0.1, 0.15) is 32.7 Å². The number of alkyl halides is 2. The second kappa shape index (κ2) is 15.8. The van der Waals surface area contributed by atoms with Crippen molar-refractivity contribution in [2.45, 2.75) is 9.75 Å². The molecule has 0 bridgehead atoms. The van der Waals surface area contributed by atoms with Crippen LogP contribution >= 0.6 is 23.2 Å². The predicted molar refractivity (Wildman–Crippen MR) is 196 cm³/mol. The van der Waals surface area contributed by atoms with E-state index in [-0.39, 0.29) is 0 Å². The Labute approximate surface area is 293 Å². The molecule has 0 aromatic heterocycles. The van der Waals surface area contributed by atoms with Crippen LogP contribution in [0.1, 0.15) is 33.4 Å². The second-order valence-electron chi connectivity index (χ2n) is 11.0. The van der Waals surface area contributed by atoms with Crippen molar-refractivity contribution in [3.8, 4) is 23.0 Å². The summed E-state index contributed by atoms with van der Waals surface area (Å²) in [5.74, 6) is 3.22. The molecule has 0 saturated carbocycles. The molecule has 48 heavy (non-hydrogen) atoms. The summed E-state index contributed by atoms with van der Waals surface area (Å²) in [6.07, 6.45) is 0. The van der Waals surface area contributed by atoms with E-state index in [0.29, 0.717) is 0 Å². The van der Waals surface area contributed by atoms with Gasteiger partial charge in [0, 0.05) is 0 Å². The highest BCUT2D eigenvalue weighted by atomic mass is 35.5. The summed E-state index contributed by atoms with van der Waals surface area (Å²) >= 11 is 14.4. The Hall–Kier alpha value is -4.90. The van der Waals surface area contributed by atoms with Crippen LogP contribution in [0.5, 0.6) is 23.0 Å². The maximum atomic E-state index is 7.22. The average molecular weight is 678 g/mol. The van der Waals surface area contributed by atoms with Gasteiger partial charge in [-0.25, -0.2) is 0 Å². The maximum Gasteiger partial charge on any atom is 0.119 e.